The van der Waals surface area contributed by atoms with Crippen molar-refractivity contribution < 1.29 is 0 Å². The van der Waals surface area contributed by atoms with Gasteiger partial charge >= 0.3 is 0 Å². The number of nitrogens with zero attached hydrogens (tertiary/aromatic N) is 3. The van der Waals surface area contributed by atoms with Crippen molar-refractivity contribution >= 4 is 18.4 Å². The number of benzene rings is 2. The number of rotatable bonds is 3. The molecule has 1 N–H and O–H groups in total. The summed E-state index contributed by atoms with van der Waals surface area (Å²) >= 11 is 5.28. The molecule has 0 bridgehead atoms. The molecule has 4 nitrogen and oxygen atoms in total. The van der Waals surface area contributed by atoms with E-state index in [2.05, 4.69) is 35.2 Å². The lowest BCUT2D eigenvalue weighted by molar-refractivity contribution is 0.871. The van der Waals surface area contributed by atoms with Crippen molar-refractivity contribution in [2.75, 3.05) is 0 Å². The first-order chi connectivity index (χ1) is 10.6. The number of H-pyrrole nitrogens is 1. The highest BCUT2D eigenvalue weighted by Gasteiger charge is 2.07. The van der Waals surface area contributed by atoms with Crippen LogP contribution in [-0.4, -0.2) is 21.1 Å². The lowest BCUT2D eigenvalue weighted by atomic mass is 10.1. The molecule has 5 heteroatoms. The van der Waals surface area contributed by atoms with Crippen LogP contribution in [0.15, 0.2) is 53.6 Å². The van der Waals surface area contributed by atoms with Gasteiger partial charge in [-0.2, -0.15) is 14.9 Å². The topological polar surface area (TPSA) is 46.0 Å². The second-order valence-electron chi connectivity index (χ2n) is 5.13. The van der Waals surface area contributed by atoms with E-state index in [1.165, 1.54) is 5.56 Å². The summed E-state index contributed by atoms with van der Waals surface area (Å²) in [6.45, 7) is 4.11. The summed E-state index contributed by atoms with van der Waals surface area (Å²) < 4.78 is 2.12. The highest BCUT2D eigenvalue weighted by atomic mass is 32.1. The Bertz CT molecular complexity index is 872. The van der Waals surface area contributed by atoms with Gasteiger partial charge in [-0.1, -0.05) is 54.1 Å². The summed E-state index contributed by atoms with van der Waals surface area (Å²) in [5.41, 5.74) is 4.39. The van der Waals surface area contributed by atoms with Gasteiger partial charge in [0.15, 0.2) is 5.82 Å². The molecule has 22 heavy (non-hydrogen) atoms. The summed E-state index contributed by atoms with van der Waals surface area (Å²) in [4.78, 5) is 0. The Morgan fingerprint density at radius 2 is 1.82 bits per heavy atom. The van der Waals surface area contributed by atoms with Gasteiger partial charge in [0.1, 0.15) is 0 Å². The van der Waals surface area contributed by atoms with E-state index in [9.17, 15) is 0 Å². The van der Waals surface area contributed by atoms with Gasteiger partial charge in [0, 0.05) is 5.56 Å². The summed E-state index contributed by atoms with van der Waals surface area (Å²) in [5, 5.41) is 11.6. The van der Waals surface area contributed by atoms with Crippen LogP contribution in [0.2, 0.25) is 0 Å². The molecule has 0 spiro atoms. The standard InChI is InChI=1S/C17H16N4S/c1-12-7-9-14(10-8-12)16-19-20-17(22)21(16)18-11-15-6-4-3-5-13(15)2/h3-11H,1-2H3,(H,20,22). The van der Waals surface area contributed by atoms with E-state index in [0.717, 1.165) is 16.7 Å². The van der Waals surface area contributed by atoms with Gasteiger partial charge in [-0.05, 0) is 37.2 Å². The average Bonchev–Trinajstić information content (AvgIpc) is 2.88. The van der Waals surface area contributed by atoms with Gasteiger partial charge in [-0.25, -0.2) is 5.10 Å². The van der Waals surface area contributed by atoms with E-state index in [-0.39, 0.29) is 0 Å². The first kappa shape index (κ1) is 14.4. The minimum absolute atomic E-state index is 0.473. The molecule has 0 saturated heterocycles. The van der Waals surface area contributed by atoms with Crippen LogP contribution >= 0.6 is 12.2 Å². The maximum atomic E-state index is 5.28. The molecule has 110 valence electrons. The van der Waals surface area contributed by atoms with Crippen LogP contribution in [0.1, 0.15) is 16.7 Å². The largest absolute Gasteiger partial charge is 0.250 e. The molecule has 0 unspecified atom stereocenters. The SMILES string of the molecule is Cc1ccc(-c2n[nH]c(=S)n2N=Cc2ccccc2C)cc1. The summed E-state index contributed by atoms with van der Waals surface area (Å²) in [7, 11) is 0. The average molecular weight is 308 g/mol. The Kier molecular flexibility index (Phi) is 3.98. The van der Waals surface area contributed by atoms with Gasteiger partial charge in [-0.3, -0.25) is 0 Å². The number of hydrogen-bond acceptors (Lipinski definition) is 3. The first-order valence-corrected chi connectivity index (χ1v) is 7.40. The van der Waals surface area contributed by atoms with Gasteiger partial charge in [0.25, 0.3) is 0 Å². The van der Waals surface area contributed by atoms with Crippen LogP contribution in [0.25, 0.3) is 11.4 Å². The van der Waals surface area contributed by atoms with Gasteiger partial charge in [-0.15, -0.1) is 0 Å². The number of aromatic amines is 1. The molecule has 3 aromatic rings. The Morgan fingerprint density at radius 3 is 2.55 bits per heavy atom. The van der Waals surface area contributed by atoms with Crippen LogP contribution in [-0.2, 0) is 0 Å². The van der Waals surface area contributed by atoms with Gasteiger partial charge in [0.05, 0.1) is 6.21 Å². The third-order valence-electron chi connectivity index (χ3n) is 3.46. The van der Waals surface area contributed by atoms with E-state index in [0.29, 0.717) is 10.6 Å². The zero-order valence-electron chi connectivity index (χ0n) is 12.4. The van der Waals surface area contributed by atoms with E-state index in [1.54, 1.807) is 10.9 Å². The summed E-state index contributed by atoms with van der Waals surface area (Å²) in [5.74, 6) is 0.704. The Hall–Kier alpha value is -2.53. The Labute approximate surface area is 134 Å². The zero-order valence-corrected chi connectivity index (χ0v) is 13.3. The van der Waals surface area contributed by atoms with E-state index in [4.69, 9.17) is 12.2 Å². The van der Waals surface area contributed by atoms with Crippen molar-refractivity contribution in [3.05, 3.63) is 70.0 Å². The normalized spacial score (nSPS) is 11.2. The predicted molar refractivity (Wildman–Crippen MR) is 91.8 cm³/mol. The lowest BCUT2D eigenvalue weighted by Crippen LogP contribution is -1.96. The summed E-state index contributed by atoms with van der Waals surface area (Å²) in [6, 6.07) is 16.2. The molecule has 0 aliphatic rings. The van der Waals surface area contributed by atoms with Gasteiger partial charge in [0.2, 0.25) is 4.77 Å². The van der Waals surface area contributed by atoms with Crippen molar-refractivity contribution in [3.8, 4) is 11.4 Å². The van der Waals surface area contributed by atoms with Crippen molar-refractivity contribution in [3.63, 3.8) is 0 Å². The van der Waals surface area contributed by atoms with Crippen LogP contribution in [0, 0.1) is 18.6 Å². The summed E-state index contributed by atoms with van der Waals surface area (Å²) in [6.07, 6.45) is 1.80. The van der Waals surface area contributed by atoms with E-state index < -0.39 is 0 Å². The highest BCUT2D eigenvalue weighted by molar-refractivity contribution is 7.71. The second kappa shape index (κ2) is 6.07. The number of hydrogen-bond donors (Lipinski definition) is 1. The third kappa shape index (κ3) is 2.89. The minimum atomic E-state index is 0.473. The number of aromatic nitrogens is 3. The minimum Gasteiger partial charge on any atom is -0.250 e. The molecule has 0 aliphatic heterocycles. The Balaban J connectivity index is 2.01. The molecule has 0 fully saturated rings. The highest BCUT2D eigenvalue weighted by Crippen LogP contribution is 2.17. The molecule has 0 saturated carbocycles. The molecule has 1 aromatic heterocycles. The molecule has 1 heterocycles. The molecule has 3 rings (SSSR count). The van der Waals surface area contributed by atoms with Crippen LogP contribution in [0.5, 0.6) is 0 Å². The molecular weight excluding hydrogens is 292 g/mol. The zero-order chi connectivity index (χ0) is 15.5. The first-order valence-electron chi connectivity index (χ1n) is 6.99. The van der Waals surface area contributed by atoms with Crippen LogP contribution in [0.3, 0.4) is 0 Å². The number of aryl methyl sites for hydroxylation is 2. The van der Waals surface area contributed by atoms with Crippen molar-refractivity contribution in [1.29, 1.82) is 0 Å². The van der Waals surface area contributed by atoms with E-state index in [1.807, 2.05) is 42.5 Å². The Morgan fingerprint density at radius 1 is 1.09 bits per heavy atom. The van der Waals surface area contributed by atoms with E-state index >= 15 is 0 Å². The lowest BCUT2D eigenvalue weighted by Gasteiger charge is -2.02. The fourth-order valence-corrected chi connectivity index (χ4v) is 2.32. The molecule has 0 amide bonds. The smallest absolute Gasteiger partial charge is 0.216 e. The molecule has 0 radical (unpaired) electrons. The molecule has 2 aromatic carbocycles. The molecular formula is C17H16N4S. The van der Waals surface area contributed by atoms with Crippen molar-refractivity contribution in [2.24, 2.45) is 5.10 Å². The fourth-order valence-electron chi connectivity index (χ4n) is 2.14. The van der Waals surface area contributed by atoms with Crippen molar-refractivity contribution in [2.45, 2.75) is 13.8 Å². The third-order valence-corrected chi connectivity index (χ3v) is 3.73. The van der Waals surface area contributed by atoms with Crippen LogP contribution in [0.4, 0.5) is 0 Å². The fraction of sp³-hybridized carbons (Fsp3) is 0.118. The monoisotopic (exact) mass is 308 g/mol. The molecule has 0 aliphatic carbocycles. The van der Waals surface area contributed by atoms with Gasteiger partial charge < -0.3 is 0 Å². The van der Waals surface area contributed by atoms with Crippen LogP contribution < -0.4 is 0 Å². The number of nitrogens with one attached hydrogen (secondary N) is 1. The predicted octanol–water partition coefficient (Wildman–Crippen LogP) is 4.11. The quantitative estimate of drug-likeness (QED) is 0.584. The molecule has 0 atom stereocenters. The second-order valence-corrected chi connectivity index (χ2v) is 5.52. The van der Waals surface area contributed by atoms with Crippen molar-refractivity contribution in [1.82, 2.24) is 14.9 Å². The maximum absolute atomic E-state index is 5.28. The maximum Gasteiger partial charge on any atom is 0.216 e.